The van der Waals surface area contributed by atoms with E-state index in [9.17, 15) is 9.59 Å². The second-order valence-corrected chi connectivity index (χ2v) is 7.97. The molecule has 1 atom stereocenters. The Morgan fingerprint density at radius 1 is 1.22 bits per heavy atom. The summed E-state index contributed by atoms with van der Waals surface area (Å²) in [5.74, 6) is 1.56. The zero-order chi connectivity index (χ0) is 19.2. The average molecular weight is 376 g/mol. The Morgan fingerprint density at radius 3 is 2.70 bits per heavy atom. The molecule has 0 aromatic carbocycles. The van der Waals surface area contributed by atoms with Crippen molar-refractivity contribution >= 4 is 11.8 Å². The number of hydrogen-bond acceptors (Lipinski definition) is 4. The zero-order valence-electron chi connectivity index (χ0n) is 16.5. The molecule has 2 aliphatic rings. The number of carbonyl (C=O) groups is 2. The highest BCUT2D eigenvalue weighted by molar-refractivity contribution is 5.80. The number of imidazole rings is 1. The van der Waals surface area contributed by atoms with Gasteiger partial charge >= 0.3 is 0 Å². The van der Waals surface area contributed by atoms with Gasteiger partial charge in [0.25, 0.3) is 0 Å². The van der Waals surface area contributed by atoms with Gasteiger partial charge in [-0.05, 0) is 38.6 Å². The molecule has 0 unspecified atom stereocenters. The van der Waals surface area contributed by atoms with Crippen LogP contribution >= 0.6 is 0 Å². The van der Waals surface area contributed by atoms with Crippen LogP contribution in [0.1, 0.15) is 57.2 Å². The van der Waals surface area contributed by atoms with Crippen molar-refractivity contribution in [2.75, 3.05) is 32.7 Å². The van der Waals surface area contributed by atoms with Crippen LogP contribution in [0.5, 0.6) is 0 Å². The minimum Gasteiger partial charge on any atom is -0.369 e. The molecule has 150 valence electrons. The van der Waals surface area contributed by atoms with Crippen LogP contribution < -0.4 is 5.73 Å². The molecule has 3 heterocycles. The fraction of sp³-hybridized carbons (Fsp3) is 0.750. The van der Waals surface area contributed by atoms with Crippen molar-refractivity contribution < 1.29 is 9.59 Å². The van der Waals surface area contributed by atoms with Crippen LogP contribution in [0.15, 0.2) is 12.4 Å². The van der Waals surface area contributed by atoms with Gasteiger partial charge < -0.3 is 15.2 Å². The summed E-state index contributed by atoms with van der Waals surface area (Å²) in [7, 11) is 0. The van der Waals surface area contributed by atoms with Gasteiger partial charge in [-0.25, -0.2) is 4.98 Å². The van der Waals surface area contributed by atoms with Crippen LogP contribution in [0.2, 0.25) is 0 Å². The predicted octanol–water partition coefficient (Wildman–Crippen LogP) is 1.59. The van der Waals surface area contributed by atoms with Crippen molar-refractivity contribution in [2.24, 2.45) is 11.7 Å². The van der Waals surface area contributed by atoms with E-state index >= 15 is 0 Å². The molecule has 2 amide bonds. The summed E-state index contributed by atoms with van der Waals surface area (Å²) in [6, 6.07) is 0. The lowest BCUT2D eigenvalue weighted by Crippen LogP contribution is -2.48. The predicted molar refractivity (Wildman–Crippen MR) is 104 cm³/mol. The summed E-state index contributed by atoms with van der Waals surface area (Å²) in [6.07, 6.45) is 10.2. The van der Waals surface area contributed by atoms with E-state index in [1.54, 1.807) is 0 Å². The Morgan fingerprint density at radius 2 is 2.00 bits per heavy atom. The van der Waals surface area contributed by atoms with E-state index < -0.39 is 0 Å². The molecule has 0 saturated carbocycles. The number of piperidine rings is 2. The molecule has 2 fully saturated rings. The number of nitrogens with two attached hydrogens (primary N) is 1. The number of hydrogen-bond donors (Lipinski definition) is 1. The standard InChI is InChI=1S/C20H33N5O2/c1-2-3-10-24-13-8-22-19(24)16-6-11-25(12-7-16)20(27)17-5-4-9-23(14-17)15-18(21)26/h8,13,16-17H,2-7,9-12,14-15H2,1H3,(H2,21,26)/t17-/m0/s1. The SMILES string of the molecule is CCCCn1ccnc1C1CCN(C(=O)[C@H]2CCCN(CC(N)=O)C2)CC1. The van der Waals surface area contributed by atoms with Crippen molar-refractivity contribution in [3.8, 4) is 0 Å². The van der Waals surface area contributed by atoms with E-state index in [0.717, 1.165) is 51.9 Å². The molecule has 7 heteroatoms. The van der Waals surface area contributed by atoms with Gasteiger partial charge in [-0.1, -0.05) is 13.3 Å². The molecule has 27 heavy (non-hydrogen) atoms. The number of nitrogens with zero attached hydrogens (tertiary/aromatic N) is 4. The van der Waals surface area contributed by atoms with Crippen molar-refractivity contribution in [1.29, 1.82) is 0 Å². The lowest BCUT2D eigenvalue weighted by atomic mass is 9.92. The van der Waals surface area contributed by atoms with Gasteiger partial charge in [0.1, 0.15) is 5.82 Å². The van der Waals surface area contributed by atoms with Gasteiger partial charge in [-0.2, -0.15) is 0 Å². The summed E-state index contributed by atoms with van der Waals surface area (Å²) < 4.78 is 2.29. The highest BCUT2D eigenvalue weighted by atomic mass is 16.2. The Balaban J connectivity index is 1.52. The summed E-state index contributed by atoms with van der Waals surface area (Å²) >= 11 is 0. The summed E-state index contributed by atoms with van der Waals surface area (Å²) in [5.41, 5.74) is 5.31. The molecular weight excluding hydrogens is 342 g/mol. The van der Waals surface area contributed by atoms with Crippen LogP contribution in [0.4, 0.5) is 0 Å². The van der Waals surface area contributed by atoms with E-state index in [1.165, 1.54) is 18.7 Å². The minimum absolute atomic E-state index is 0.00110. The molecule has 2 aliphatic heterocycles. The van der Waals surface area contributed by atoms with E-state index in [0.29, 0.717) is 12.5 Å². The number of unbranched alkanes of at least 4 members (excludes halogenated alkanes) is 1. The second kappa shape index (κ2) is 9.35. The topological polar surface area (TPSA) is 84.5 Å². The van der Waals surface area contributed by atoms with Crippen LogP contribution in [0.25, 0.3) is 0 Å². The van der Waals surface area contributed by atoms with Crippen molar-refractivity contribution in [2.45, 2.75) is 57.9 Å². The van der Waals surface area contributed by atoms with Crippen molar-refractivity contribution in [3.05, 3.63) is 18.2 Å². The fourth-order valence-electron chi connectivity index (χ4n) is 4.44. The quantitative estimate of drug-likeness (QED) is 0.784. The fourth-order valence-corrected chi connectivity index (χ4v) is 4.44. The van der Waals surface area contributed by atoms with Crippen LogP contribution in [-0.2, 0) is 16.1 Å². The first kappa shape index (κ1) is 19.9. The molecule has 2 saturated heterocycles. The molecule has 0 aliphatic carbocycles. The van der Waals surface area contributed by atoms with Gasteiger partial charge in [-0.3, -0.25) is 14.5 Å². The first-order valence-electron chi connectivity index (χ1n) is 10.4. The average Bonchev–Trinajstić information content (AvgIpc) is 3.14. The molecule has 1 aromatic heterocycles. The van der Waals surface area contributed by atoms with Gasteiger partial charge in [-0.15, -0.1) is 0 Å². The third-order valence-electron chi connectivity index (χ3n) is 5.91. The molecule has 0 spiro atoms. The summed E-state index contributed by atoms with van der Waals surface area (Å²) in [4.78, 5) is 32.8. The maximum Gasteiger partial charge on any atom is 0.231 e. The molecule has 3 rings (SSSR count). The molecule has 2 N–H and O–H groups in total. The number of rotatable bonds is 7. The third-order valence-corrected chi connectivity index (χ3v) is 5.91. The number of carbonyl (C=O) groups excluding carboxylic acids is 2. The van der Waals surface area contributed by atoms with Crippen molar-refractivity contribution in [1.82, 2.24) is 19.4 Å². The monoisotopic (exact) mass is 375 g/mol. The van der Waals surface area contributed by atoms with Crippen LogP contribution in [0.3, 0.4) is 0 Å². The summed E-state index contributed by atoms with van der Waals surface area (Å²) in [6.45, 7) is 6.61. The van der Waals surface area contributed by atoms with Gasteiger partial charge in [0.15, 0.2) is 0 Å². The maximum atomic E-state index is 12.9. The Kier molecular flexibility index (Phi) is 6.88. The number of aryl methyl sites for hydroxylation is 1. The molecule has 7 nitrogen and oxygen atoms in total. The zero-order valence-corrected chi connectivity index (χ0v) is 16.5. The van der Waals surface area contributed by atoms with Crippen LogP contribution in [-0.4, -0.2) is 63.9 Å². The smallest absolute Gasteiger partial charge is 0.231 e. The lowest BCUT2D eigenvalue weighted by molar-refractivity contribution is -0.139. The van der Waals surface area contributed by atoms with E-state index in [4.69, 9.17) is 5.73 Å². The Hall–Kier alpha value is -1.89. The normalized spacial score (nSPS) is 22.1. The maximum absolute atomic E-state index is 12.9. The highest BCUT2D eigenvalue weighted by Gasteiger charge is 2.32. The van der Waals surface area contributed by atoms with Gasteiger partial charge in [0, 0.05) is 44.5 Å². The number of aromatic nitrogens is 2. The van der Waals surface area contributed by atoms with E-state index in [2.05, 4.69) is 22.7 Å². The second-order valence-electron chi connectivity index (χ2n) is 7.97. The molecule has 1 aromatic rings. The number of likely N-dealkylation sites (tertiary alicyclic amines) is 2. The Bertz CT molecular complexity index is 636. The number of amides is 2. The third kappa shape index (κ3) is 5.09. The lowest BCUT2D eigenvalue weighted by Gasteiger charge is -2.37. The Labute approximate surface area is 161 Å². The highest BCUT2D eigenvalue weighted by Crippen LogP contribution is 2.29. The van der Waals surface area contributed by atoms with Crippen LogP contribution in [0, 0.1) is 5.92 Å². The first-order chi connectivity index (χ1) is 13.1. The molecule has 0 bridgehead atoms. The minimum atomic E-state index is -0.317. The van der Waals surface area contributed by atoms with Gasteiger partial charge in [0.2, 0.25) is 11.8 Å². The summed E-state index contributed by atoms with van der Waals surface area (Å²) in [5, 5.41) is 0. The molecule has 0 radical (unpaired) electrons. The largest absolute Gasteiger partial charge is 0.369 e. The van der Waals surface area contributed by atoms with E-state index in [1.807, 2.05) is 16.0 Å². The number of primary amides is 1. The first-order valence-corrected chi connectivity index (χ1v) is 10.4. The van der Waals surface area contributed by atoms with Gasteiger partial charge in [0.05, 0.1) is 12.5 Å². The molecular formula is C20H33N5O2. The van der Waals surface area contributed by atoms with Crippen molar-refractivity contribution in [3.63, 3.8) is 0 Å². The van der Waals surface area contributed by atoms with E-state index in [-0.39, 0.29) is 24.3 Å².